The molecule has 3 rings (SSSR count). The van der Waals surface area contributed by atoms with Crippen LogP contribution in [0.3, 0.4) is 0 Å². The Labute approximate surface area is 126 Å². The third-order valence-corrected chi connectivity index (χ3v) is 3.77. The summed E-state index contributed by atoms with van der Waals surface area (Å²) in [5.74, 6) is 0. The van der Waals surface area contributed by atoms with Crippen molar-refractivity contribution in [3.8, 4) is 0 Å². The van der Waals surface area contributed by atoms with Crippen LogP contribution in [0.25, 0.3) is 10.9 Å². The zero-order valence-electron chi connectivity index (χ0n) is 10.8. The Bertz CT molecular complexity index is 720. The molecule has 0 fully saturated rings. The Morgan fingerprint density at radius 3 is 2.75 bits per heavy atom. The van der Waals surface area contributed by atoms with Crippen molar-refractivity contribution in [2.45, 2.75) is 12.5 Å². The van der Waals surface area contributed by atoms with E-state index in [1.54, 1.807) is 12.4 Å². The highest BCUT2D eigenvalue weighted by Gasteiger charge is 2.11. The molecule has 0 aliphatic heterocycles. The third kappa shape index (κ3) is 2.71. The fourth-order valence-electron chi connectivity index (χ4n) is 2.31. The molecule has 0 radical (unpaired) electrons. The molecule has 1 unspecified atom stereocenters. The van der Waals surface area contributed by atoms with Crippen LogP contribution in [0.15, 0.2) is 59.3 Å². The summed E-state index contributed by atoms with van der Waals surface area (Å²) in [6.07, 6.45) is 4.31. The minimum Gasteiger partial charge on any atom is -0.324 e. The number of hydrogen-bond donors (Lipinski definition) is 1. The van der Waals surface area contributed by atoms with Crippen LogP contribution in [-0.2, 0) is 6.42 Å². The van der Waals surface area contributed by atoms with Crippen molar-refractivity contribution in [1.29, 1.82) is 0 Å². The van der Waals surface area contributed by atoms with Crippen LogP contribution in [0.2, 0.25) is 0 Å². The second-order valence-corrected chi connectivity index (χ2v) is 5.61. The van der Waals surface area contributed by atoms with E-state index in [9.17, 15) is 0 Å². The first kappa shape index (κ1) is 13.2. The first-order chi connectivity index (χ1) is 9.74. The molecule has 2 aromatic heterocycles. The van der Waals surface area contributed by atoms with Gasteiger partial charge in [-0.15, -0.1) is 0 Å². The van der Waals surface area contributed by atoms with E-state index in [1.807, 2.05) is 30.3 Å². The quantitative estimate of drug-likeness (QED) is 0.799. The number of fused-ring (bicyclic) bond motifs is 1. The number of rotatable bonds is 3. The Balaban J connectivity index is 1.92. The lowest BCUT2D eigenvalue weighted by molar-refractivity contribution is 0.712. The van der Waals surface area contributed by atoms with Gasteiger partial charge in [-0.3, -0.25) is 9.97 Å². The van der Waals surface area contributed by atoms with Gasteiger partial charge in [0, 0.05) is 40.4 Å². The normalized spacial score (nSPS) is 12.5. The van der Waals surface area contributed by atoms with Crippen molar-refractivity contribution in [2.75, 3.05) is 0 Å². The zero-order chi connectivity index (χ0) is 13.9. The molecule has 2 heterocycles. The second-order valence-electron chi connectivity index (χ2n) is 4.70. The van der Waals surface area contributed by atoms with E-state index < -0.39 is 0 Å². The van der Waals surface area contributed by atoms with E-state index in [4.69, 9.17) is 5.73 Å². The summed E-state index contributed by atoms with van der Waals surface area (Å²) < 4.78 is 0.976. The molecular formula is C16H14BrN3. The monoisotopic (exact) mass is 327 g/mol. The maximum atomic E-state index is 6.35. The molecule has 100 valence electrons. The predicted molar refractivity (Wildman–Crippen MR) is 84.3 cm³/mol. The Morgan fingerprint density at radius 1 is 1.05 bits per heavy atom. The zero-order valence-corrected chi connectivity index (χ0v) is 12.4. The van der Waals surface area contributed by atoms with Crippen LogP contribution in [0.5, 0.6) is 0 Å². The first-order valence-electron chi connectivity index (χ1n) is 6.44. The number of hydrogen-bond acceptors (Lipinski definition) is 3. The van der Waals surface area contributed by atoms with Gasteiger partial charge < -0.3 is 5.73 Å². The molecule has 2 N–H and O–H groups in total. The van der Waals surface area contributed by atoms with Crippen LogP contribution in [0, 0.1) is 0 Å². The lowest BCUT2D eigenvalue weighted by atomic mass is 9.98. The minimum atomic E-state index is -0.0865. The molecule has 3 aromatic rings. The van der Waals surface area contributed by atoms with E-state index in [0.717, 1.165) is 26.6 Å². The Kier molecular flexibility index (Phi) is 3.76. The van der Waals surface area contributed by atoms with Gasteiger partial charge in [-0.1, -0.05) is 18.2 Å². The molecule has 1 atom stereocenters. The van der Waals surface area contributed by atoms with Crippen molar-refractivity contribution < 1.29 is 0 Å². The fraction of sp³-hybridized carbons (Fsp3) is 0.125. The summed E-state index contributed by atoms with van der Waals surface area (Å²) in [4.78, 5) is 8.75. The molecule has 0 aliphatic rings. The molecule has 0 amide bonds. The number of benzene rings is 1. The number of pyridine rings is 2. The van der Waals surface area contributed by atoms with E-state index in [0.29, 0.717) is 6.42 Å². The highest BCUT2D eigenvalue weighted by Crippen LogP contribution is 2.23. The summed E-state index contributed by atoms with van der Waals surface area (Å²) in [7, 11) is 0. The van der Waals surface area contributed by atoms with Gasteiger partial charge in [0.25, 0.3) is 0 Å². The second kappa shape index (κ2) is 5.69. The molecular weight excluding hydrogens is 314 g/mol. The van der Waals surface area contributed by atoms with Gasteiger partial charge in [0.1, 0.15) is 0 Å². The van der Waals surface area contributed by atoms with Crippen molar-refractivity contribution >= 4 is 26.8 Å². The third-order valence-electron chi connectivity index (χ3n) is 3.30. The molecule has 3 nitrogen and oxygen atoms in total. The van der Waals surface area contributed by atoms with Gasteiger partial charge in [-0.25, -0.2) is 0 Å². The highest BCUT2D eigenvalue weighted by atomic mass is 79.9. The lowest BCUT2D eigenvalue weighted by Gasteiger charge is -2.14. The van der Waals surface area contributed by atoms with E-state index in [-0.39, 0.29) is 6.04 Å². The molecule has 0 bridgehead atoms. The SMILES string of the molecule is NC(Cc1ccc(Br)cn1)c1cccc2ncccc12. The average molecular weight is 328 g/mol. The standard InChI is InChI=1S/C16H14BrN3/c17-11-6-7-12(20-10-11)9-15(18)13-3-1-5-16-14(13)4-2-8-19-16/h1-8,10,15H,9,18H2. The van der Waals surface area contributed by atoms with Gasteiger partial charge in [-0.05, 0) is 45.8 Å². The topological polar surface area (TPSA) is 51.8 Å². The summed E-state index contributed by atoms with van der Waals surface area (Å²) >= 11 is 3.39. The molecule has 0 spiro atoms. The highest BCUT2D eigenvalue weighted by molar-refractivity contribution is 9.10. The van der Waals surface area contributed by atoms with Crippen LogP contribution in [0.4, 0.5) is 0 Å². The van der Waals surface area contributed by atoms with Gasteiger partial charge in [0.15, 0.2) is 0 Å². The fourth-order valence-corrected chi connectivity index (χ4v) is 2.55. The Hall–Kier alpha value is -1.78. The smallest absolute Gasteiger partial charge is 0.0705 e. The molecule has 20 heavy (non-hydrogen) atoms. The summed E-state index contributed by atoms with van der Waals surface area (Å²) in [5.41, 5.74) is 9.43. The summed E-state index contributed by atoms with van der Waals surface area (Å²) in [5, 5.41) is 1.11. The summed E-state index contributed by atoms with van der Waals surface area (Å²) in [6.45, 7) is 0. The van der Waals surface area contributed by atoms with Crippen molar-refractivity contribution in [3.05, 3.63) is 70.6 Å². The molecule has 0 aliphatic carbocycles. The minimum absolute atomic E-state index is 0.0865. The van der Waals surface area contributed by atoms with E-state index in [1.165, 1.54) is 0 Å². The number of nitrogens with zero attached hydrogens (tertiary/aromatic N) is 2. The van der Waals surface area contributed by atoms with Gasteiger partial charge in [-0.2, -0.15) is 0 Å². The largest absolute Gasteiger partial charge is 0.324 e. The van der Waals surface area contributed by atoms with Crippen LogP contribution in [-0.4, -0.2) is 9.97 Å². The molecule has 0 saturated carbocycles. The number of halogens is 1. The van der Waals surface area contributed by atoms with E-state index in [2.05, 4.69) is 38.0 Å². The van der Waals surface area contributed by atoms with E-state index >= 15 is 0 Å². The molecule has 1 aromatic carbocycles. The maximum Gasteiger partial charge on any atom is 0.0705 e. The van der Waals surface area contributed by atoms with Gasteiger partial charge in [0.2, 0.25) is 0 Å². The molecule has 4 heteroatoms. The average Bonchev–Trinajstić information content (AvgIpc) is 2.49. The van der Waals surface area contributed by atoms with Crippen molar-refractivity contribution in [3.63, 3.8) is 0 Å². The van der Waals surface area contributed by atoms with Gasteiger partial charge >= 0.3 is 0 Å². The Morgan fingerprint density at radius 2 is 1.95 bits per heavy atom. The van der Waals surface area contributed by atoms with Crippen LogP contribution >= 0.6 is 15.9 Å². The van der Waals surface area contributed by atoms with Crippen LogP contribution < -0.4 is 5.73 Å². The summed E-state index contributed by atoms with van der Waals surface area (Å²) in [6, 6.07) is 14.0. The van der Waals surface area contributed by atoms with Crippen molar-refractivity contribution in [1.82, 2.24) is 9.97 Å². The van der Waals surface area contributed by atoms with Gasteiger partial charge in [0.05, 0.1) is 5.52 Å². The first-order valence-corrected chi connectivity index (χ1v) is 7.23. The predicted octanol–water partition coefficient (Wildman–Crippen LogP) is 3.63. The lowest BCUT2D eigenvalue weighted by Crippen LogP contribution is -2.14. The number of aromatic nitrogens is 2. The van der Waals surface area contributed by atoms with Crippen molar-refractivity contribution in [2.24, 2.45) is 5.73 Å². The van der Waals surface area contributed by atoms with Crippen LogP contribution in [0.1, 0.15) is 17.3 Å². The molecule has 0 saturated heterocycles. The number of nitrogens with two attached hydrogens (primary N) is 1. The maximum absolute atomic E-state index is 6.35.